The number of para-hydroxylation sites is 1. The number of methoxy groups -OCH3 is 1. The van der Waals surface area contributed by atoms with E-state index in [1.165, 1.54) is 11.7 Å². The van der Waals surface area contributed by atoms with Crippen LogP contribution in [0.3, 0.4) is 0 Å². The van der Waals surface area contributed by atoms with Gasteiger partial charge in [-0.2, -0.15) is 15.0 Å². The number of benzene rings is 1. The summed E-state index contributed by atoms with van der Waals surface area (Å²) in [5.74, 6) is 0.797. The Morgan fingerprint density at radius 3 is 2.69 bits per heavy atom. The monoisotopic (exact) mass is 446 g/mol. The molecule has 0 aliphatic carbocycles. The molecule has 1 aromatic carbocycles. The molecule has 3 aromatic rings. The van der Waals surface area contributed by atoms with Crippen LogP contribution in [-0.2, 0) is 4.74 Å². The highest BCUT2D eigenvalue weighted by Crippen LogP contribution is 2.32. The Kier molecular flexibility index (Phi) is 5.70. The molecule has 2 N–H and O–H groups in total. The summed E-state index contributed by atoms with van der Waals surface area (Å²) in [4.78, 5) is 19.8. The van der Waals surface area contributed by atoms with Crippen LogP contribution in [0.15, 0.2) is 18.2 Å². The van der Waals surface area contributed by atoms with Crippen molar-refractivity contribution in [2.75, 3.05) is 56.7 Å². The van der Waals surface area contributed by atoms with E-state index < -0.39 is 12.2 Å². The van der Waals surface area contributed by atoms with Crippen LogP contribution in [0.5, 0.6) is 5.75 Å². The molecule has 10 nitrogen and oxygen atoms in total. The number of morpholine rings is 1. The Balaban J connectivity index is 1.66. The predicted octanol–water partition coefficient (Wildman–Crippen LogP) is 1.77. The first-order chi connectivity index (χ1) is 15.6. The zero-order valence-corrected chi connectivity index (χ0v) is 17.6. The summed E-state index contributed by atoms with van der Waals surface area (Å²) in [6.45, 7) is 3.98. The molecule has 0 spiro atoms. The van der Waals surface area contributed by atoms with Crippen LogP contribution in [0.2, 0.25) is 0 Å². The average Bonchev–Trinajstić information content (AvgIpc) is 3.47. The first-order valence-electron chi connectivity index (χ1n) is 10.5. The van der Waals surface area contributed by atoms with E-state index in [1.54, 1.807) is 18.2 Å². The number of alkyl halides is 2. The highest BCUT2D eigenvalue weighted by Gasteiger charge is 2.26. The van der Waals surface area contributed by atoms with E-state index in [2.05, 4.69) is 30.6 Å². The number of aromatic nitrogens is 5. The van der Waals surface area contributed by atoms with Gasteiger partial charge in [0.15, 0.2) is 5.82 Å². The minimum absolute atomic E-state index is 0.0843. The van der Waals surface area contributed by atoms with Crippen molar-refractivity contribution < 1.29 is 18.3 Å². The lowest BCUT2D eigenvalue weighted by atomic mass is 10.3. The topological polar surface area (TPSA) is 102 Å². The summed E-state index contributed by atoms with van der Waals surface area (Å²) in [6, 6.07) is 5.25. The summed E-state index contributed by atoms with van der Waals surface area (Å²) < 4.78 is 40.1. The molecule has 2 aliphatic rings. The first-order valence-corrected chi connectivity index (χ1v) is 10.5. The van der Waals surface area contributed by atoms with Gasteiger partial charge in [-0.1, -0.05) is 6.07 Å². The number of anilines is 2. The van der Waals surface area contributed by atoms with Gasteiger partial charge in [0.25, 0.3) is 6.43 Å². The Labute approximate surface area is 183 Å². The molecule has 0 amide bonds. The van der Waals surface area contributed by atoms with Crippen molar-refractivity contribution in [3.63, 3.8) is 0 Å². The number of nitrogens with one attached hydrogen (secondary N) is 2. The number of ether oxygens (including phenoxy) is 2. The molecule has 32 heavy (non-hydrogen) atoms. The molecule has 4 heterocycles. The third-order valence-corrected chi connectivity index (χ3v) is 5.59. The van der Waals surface area contributed by atoms with E-state index in [9.17, 15) is 8.78 Å². The minimum atomic E-state index is -2.83. The van der Waals surface area contributed by atoms with Gasteiger partial charge in [-0.05, 0) is 25.1 Å². The van der Waals surface area contributed by atoms with Crippen LogP contribution in [0.4, 0.5) is 20.7 Å². The molecule has 12 heteroatoms. The Morgan fingerprint density at radius 2 is 1.97 bits per heavy atom. The molecule has 0 bridgehead atoms. The van der Waals surface area contributed by atoms with Gasteiger partial charge < -0.3 is 25.0 Å². The zero-order valence-electron chi connectivity index (χ0n) is 17.6. The van der Waals surface area contributed by atoms with E-state index in [-0.39, 0.29) is 12.0 Å². The number of hydrogen-bond acceptors (Lipinski definition) is 9. The van der Waals surface area contributed by atoms with E-state index in [1.807, 2.05) is 4.90 Å². The van der Waals surface area contributed by atoms with Crippen LogP contribution >= 0.6 is 0 Å². The van der Waals surface area contributed by atoms with Crippen LogP contribution in [0.1, 0.15) is 18.7 Å². The lowest BCUT2D eigenvalue weighted by molar-refractivity contribution is 0.122. The summed E-state index contributed by atoms with van der Waals surface area (Å²) in [5, 5.41) is 6.60. The molecule has 1 atom stereocenters. The third kappa shape index (κ3) is 3.91. The van der Waals surface area contributed by atoms with Crippen molar-refractivity contribution in [1.82, 2.24) is 29.8 Å². The van der Waals surface area contributed by atoms with Crippen molar-refractivity contribution in [2.24, 2.45) is 0 Å². The van der Waals surface area contributed by atoms with Crippen LogP contribution in [0, 0.1) is 0 Å². The normalized spacial score (nSPS) is 19.1. The first kappa shape index (κ1) is 20.8. The number of imidazole rings is 1. The van der Waals surface area contributed by atoms with Gasteiger partial charge in [0.05, 0.1) is 25.8 Å². The average molecular weight is 446 g/mol. The second kappa shape index (κ2) is 8.79. The number of halogens is 2. The molecule has 5 rings (SSSR count). The number of nitrogens with zero attached hydrogens (tertiary/aromatic N) is 6. The molecule has 2 aromatic heterocycles. The maximum absolute atomic E-state index is 14.0. The minimum Gasteiger partial charge on any atom is -0.494 e. The van der Waals surface area contributed by atoms with Crippen molar-refractivity contribution in [3.05, 3.63) is 24.0 Å². The fourth-order valence-electron chi connectivity index (χ4n) is 4.00. The lowest BCUT2D eigenvalue weighted by Gasteiger charge is -2.27. The SMILES string of the molecule is COc1cccc2c1nc(C(F)F)n2-c1nc(NC2CCNC2)nc(N2CCOCC2)n1. The van der Waals surface area contributed by atoms with Crippen LogP contribution in [-0.4, -0.2) is 77.0 Å². The van der Waals surface area contributed by atoms with E-state index in [0.717, 1.165) is 19.5 Å². The van der Waals surface area contributed by atoms with Crippen molar-refractivity contribution in [2.45, 2.75) is 18.9 Å². The van der Waals surface area contributed by atoms with Gasteiger partial charge in [0.2, 0.25) is 17.8 Å². The number of hydrogen-bond donors (Lipinski definition) is 2. The molecule has 1 unspecified atom stereocenters. The third-order valence-electron chi connectivity index (χ3n) is 5.59. The van der Waals surface area contributed by atoms with Gasteiger partial charge in [0.1, 0.15) is 11.3 Å². The van der Waals surface area contributed by atoms with Crippen molar-refractivity contribution >= 4 is 22.9 Å². The van der Waals surface area contributed by atoms with Gasteiger partial charge in [-0.3, -0.25) is 4.57 Å². The molecule has 2 fully saturated rings. The maximum atomic E-state index is 14.0. The van der Waals surface area contributed by atoms with Crippen molar-refractivity contribution in [3.8, 4) is 11.7 Å². The summed E-state index contributed by atoms with van der Waals surface area (Å²) in [7, 11) is 1.48. The molecular weight excluding hydrogens is 422 g/mol. The van der Waals surface area contributed by atoms with Crippen molar-refractivity contribution in [1.29, 1.82) is 0 Å². The highest BCUT2D eigenvalue weighted by atomic mass is 19.3. The second-order valence-electron chi connectivity index (χ2n) is 7.63. The van der Waals surface area contributed by atoms with Crippen LogP contribution in [0.25, 0.3) is 17.0 Å². The van der Waals surface area contributed by atoms with E-state index in [4.69, 9.17) is 9.47 Å². The largest absolute Gasteiger partial charge is 0.494 e. The summed E-state index contributed by atoms with van der Waals surface area (Å²) in [6.07, 6.45) is -1.91. The quantitative estimate of drug-likeness (QED) is 0.586. The molecule has 0 saturated carbocycles. The molecule has 2 saturated heterocycles. The van der Waals surface area contributed by atoms with Crippen LogP contribution < -0.4 is 20.3 Å². The van der Waals surface area contributed by atoms with Gasteiger partial charge in [0, 0.05) is 25.7 Å². The molecule has 0 radical (unpaired) electrons. The fourth-order valence-corrected chi connectivity index (χ4v) is 4.00. The van der Waals surface area contributed by atoms with E-state index in [0.29, 0.717) is 55.0 Å². The molecule has 2 aliphatic heterocycles. The summed E-state index contributed by atoms with van der Waals surface area (Å²) >= 11 is 0. The number of fused-ring (bicyclic) bond motifs is 1. The maximum Gasteiger partial charge on any atom is 0.296 e. The Morgan fingerprint density at radius 1 is 1.16 bits per heavy atom. The second-order valence-corrected chi connectivity index (χ2v) is 7.63. The van der Waals surface area contributed by atoms with Gasteiger partial charge in [-0.25, -0.2) is 13.8 Å². The lowest BCUT2D eigenvalue weighted by Crippen LogP contribution is -2.38. The zero-order chi connectivity index (χ0) is 22.1. The van der Waals surface area contributed by atoms with Gasteiger partial charge >= 0.3 is 0 Å². The standard InChI is InChI=1S/C20H24F2N8O2/c1-31-14-4-2-3-13-15(14)25-17(16(21)22)30(13)20-27-18(24-12-5-6-23-11-12)26-19(28-20)29-7-9-32-10-8-29/h2-4,12,16,23H,5-11H2,1H3,(H,24,26,27,28). The molecule has 170 valence electrons. The van der Waals surface area contributed by atoms with Gasteiger partial charge in [-0.15, -0.1) is 0 Å². The number of rotatable bonds is 6. The smallest absolute Gasteiger partial charge is 0.296 e. The Hall–Kier alpha value is -3.12. The highest BCUT2D eigenvalue weighted by molar-refractivity contribution is 5.84. The molecular formula is C20H24F2N8O2. The Bertz CT molecular complexity index is 1100. The van der Waals surface area contributed by atoms with E-state index >= 15 is 0 Å². The predicted molar refractivity (Wildman–Crippen MR) is 114 cm³/mol. The fraction of sp³-hybridized carbons (Fsp3) is 0.500. The summed E-state index contributed by atoms with van der Waals surface area (Å²) in [5.41, 5.74) is 0.764.